The van der Waals surface area contributed by atoms with Gasteiger partial charge in [0.15, 0.2) is 0 Å². The van der Waals surface area contributed by atoms with Gasteiger partial charge in [-0.3, -0.25) is 0 Å². The van der Waals surface area contributed by atoms with Crippen LogP contribution in [0.2, 0.25) is 0 Å². The molecule has 0 bridgehead atoms. The van der Waals surface area contributed by atoms with Crippen LogP contribution in [-0.2, 0) is 4.79 Å². The van der Waals surface area contributed by atoms with Gasteiger partial charge in [-0.2, -0.15) is 0 Å². The molecule has 4 nitrogen and oxygen atoms in total. The van der Waals surface area contributed by atoms with Gasteiger partial charge in [-0.05, 0) is 65.4 Å². The maximum Gasteiger partial charge on any atom is 0.347 e. The summed E-state index contributed by atoms with van der Waals surface area (Å²) in [5.74, 6) is 0.301. The molecule has 0 heterocycles. The molecule has 0 aliphatic carbocycles. The first kappa shape index (κ1) is 20.5. The zero-order chi connectivity index (χ0) is 22.0. The Kier molecular flexibility index (Phi) is 5.65. The molecule has 0 aliphatic heterocycles. The minimum atomic E-state index is -1.18. The smallest absolute Gasteiger partial charge is 0.347 e. The highest BCUT2D eigenvalue weighted by Gasteiger charge is 2.16. The third-order valence-electron chi connectivity index (χ3n) is 4.93. The maximum absolute atomic E-state index is 10.9. The molecule has 0 spiro atoms. The predicted molar refractivity (Wildman–Crippen MR) is 124 cm³/mol. The van der Waals surface area contributed by atoms with Crippen LogP contribution < -0.4 is 4.74 Å². The lowest BCUT2D eigenvalue weighted by molar-refractivity contribution is -0.131. The van der Waals surface area contributed by atoms with Crippen LogP contribution in [0.3, 0.4) is 0 Å². The molecule has 0 unspecified atom stereocenters. The average Bonchev–Trinajstić information content (AvgIpc) is 2.75. The number of phenols is 1. The van der Waals surface area contributed by atoms with Gasteiger partial charge in [-0.25, -0.2) is 4.79 Å². The number of aromatic hydroxyl groups is 1. The van der Waals surface area contributed by atoms with Gasteiger partial charge in [0.05, 0.1) is 0 Å². The molecular weight excluding hydrogens is 412 g/mol. The number of hydrogen-bond acceptors (Lipinski definition) is 3. The van der Waals surface area contributed by atoms with Gasteiger partial charge in [0.1, 0.15) is 22.3 Å². The molecule has 0 saturated carbocycles. The van der Waals surface area contributed by atoms with E-state index in [0.29, 0.717) is 17.1 Å². The van der Waals surface area contributed by atoms with Crippen LogP contribution in [0, 0.1) is 6.92 Å². The average molecular weight is 431 g/mol. The van der Waals surface area contributed by atoms with Gasteiger partial charge in [0.2, 0.25) is 0 Å². The van der Waals surface area contributed by atoms with Gasteiger partial charge in [-0.15, -0.1) is 0 Å². The van der Waals surface area contributed by atoms with E-state index in [4.69, 9.17) is 21.4 Å². The van der Waals surface area contributed by atoms with E-state index in [9.17, 15) is 9.90 Å². The highest BCUT2D eigenvalue weighted by Crippen LogP contribution is 2.42. The number of aliphatic carboxylic acids is 1. The van der Waals surface area contributed by atoms with Crippen molar-refractivity contribution in [2.24, 2.45) is 0 Å². The molecule has 0 atom stereocenters. The third-order valence-corrected chi connectivity index (χ3v) is 5.20. The first-order valence-electron chi connectivity index (χ1n) is 9.62. The topological polar surface area (TPSA) is 66.8 Å². The summed E-state index contributed by atoms with van der Waals surface area (Å²) >= 11 is 5.71. The molecule has 0 amide bonds. The van der Waals surface area contributed by atoms with Crippen molar-refractivity contribution in [1.82, 2.24) is 0 Å². The number of ether oxygens (including phenoxy) is 1. The van der Waals surface area contributed by atoms with Gasteiger partial charge >= 0.3 is 5.97 Å². The van der Waals surface area contributed by atoms with Crippen molar-refractivity contribution < 1.29 is 19.7 Å². The van der Waals surface area contributed by atoms with Crippen molar-refractivity contribution in [1.29, 1.82) is 0 Å². The van der Waals surface area contributed by atoms with Crippen LogP contribution in [0.25, 0.3) is 28.0 Å². The van der Waals surface area contributed by atoms with Crippen molar-refractivity contribution in [2.45, 2.75) is 6.92 Å². The van der Waals surface area contributed by atoms with Crippen molar-refractivity contribution in [2.75, 3.05) is 0 Å². The number of aryl methyl sites for hydroxylation is 1. The van der Waals surface area contributed by atoms with Gasteiger partial charge in [0.25, 0.3) is 0 Å². The van der Waals surface area contributed by atoms with Crippen molar-refractivity contribution in [3.63, 3.8) is 0 Å². The number of carboxylic acid groups (broad SMARTS) is 1. The summed E-state index contributed by atoms with van der Waals surface area (Å²) < 4.78 is 6.35. The SMILES string of the molecule is Cc1cc2cc(O)ccc2c(Oc2ccc(/C=C(\Cl)C(=O)O)cc2)c1-c1ccccc1. The van der Waals surface area contributed by atoms with E-state index in [1.165, 1.54) is 6.08 Å². The Morgan fingerprint density at radius 1 is 0.968 bits per heavy atom. The molecule has 4 aromatic carbocycles. The largest absolute Gasteiger partial charge is 0.508 e. The number of carbonyl (C=O) groups is 1. The fourth-order valence-corrected chi connectivity index (χ4v) is 3.65. The summed E-state index contributed by atoms with van der Waals surface area (Å²) in [4.78, 5) is 10.9. The normalized spacial score (nSPS) is 11.5. The standard InChI is InChI=1S/C26H19ClO4/c1-16-13-19-15-20(28)9-12-22(19)25(24(16)18-5-3-2-4-6-18)31-21-10-7-17(8-11-21)14-23(27)26(29)30/h2-15,28H,1H3,(H,29,30)/b23-14-. The van der Waals surface area contributed by atoms with E-state index in [-0.39, 0.29) is 10.8 Å². The molecule has 4 aromatic rings. The minimum Gasteiger partial charge on any atom is -0.508 e. The first-order valence-corrected chi connectivity index (χ1v) is 10.0. The summed E-state index contributed by atoms with van der Waals surface area (Å²) in [7, 11) is 0. The molecule has 5 heteroatoms. The summed E-state index contributed by atoms with van der Waals surface area (Å²) in [6.45, 7) is 2.01. The number of benzene rings is 4. The minimum absolute atomic E-state index is 0.191. The summed E-state index contributed by atoms with van der Waals surface area (Å²) in [5.41, 5.74) is 3.67. The lowest BCUT2D eigenvalue weighted by Crippen LogP contribution is -1.94. The number of phenolic OH excluding ortho intramolecular Hbond substituents is 1. The molecule has 0 aliphatic rings. The van der Waals surface area contributed by atoms with E-state index in [1.54, 1.807) is 36.4 Å². The van der Waals surface area contributed by atoms with Crippen LogP contribution in [0.5, 0.6) is 17.2 Å². The molecule has 0 aromatic heterocycles. The number of halogens is 1. The van der Waals surface area contributed by atoms with Gasteiger partial charge in [-0.1, -0.05) is 60.1 Å². The summed E-state index contributed by atoms with van der Waals surface area (Å²) in [5, 5.41) is 20.4. The van der Waals surface area contributed by atoms with E-state index in [0.717, 1.165) is 27.5 Å². The van der Waals surface area contributed by atoms with E-state index in [1.807, 2.05) is 49.4 Å². The highest BCUT2D eigenvalue weighted by atomic mass is 35.5. The third kappa shape index (κ3) is 4.39. The lowest BCUT2D eigenvalue weighted by Gasteiger charge is -2.17. The van der Waals surface area contributed by atoms with Gasteiger partial charge < -0.3 is 14.9 Å². The Balaban J connectivity index is 1.82. The van der Waals surface area contributed by atoms with Crippen LogP contribution in [-0.4, -0.2) is 16.2 Å². The predicted octanol–water partition coefficient (Wildman–Crippen LogP) is 6.98. The molecule has 0 fully saturated rings. The zero-order valence-electron chi connectivity index (χ0n) is 16.7. The molecule has 154 valence electrons. The van der Waals surface area contributed by atoms with Gasteiger partial charge in [0, 0.05) is 10.9 Å². The van der Waals surface area contributed by atoms with Crippen LogP contribution in [0.4, 0.5) is 0 Å². The van der Waals surface area contributed by atoms with Crippen molar-refractivity contribution in [3.8, 4) is 28.4 Å². The highest BCUT2D eigenvalue weighted by molar-refractivity contribution is 6.42. The van der Waals surface area contributed by atoms with Crippen LogP contribution in [0.15, 0.2) is 83.9 Å². The van der Waals surface area contributed by atoms with Crippen LogP contribution >= 0.6 is 11.6 Å². The Hall–Kier alpha value is -3.76. The molecular formula is C26H19ClO4. The van der Waals surface area contributed by atoms with Crippen molar-refractivity contribution >= 4 is 34.4 Å². The Labute approximate surface area is 184 Å². The number of carboxylic acids is 1. The number of rotatable bonds is 5. The number of hydrogen-bond donors (Lipinski definition) is 2. The van der Waals surface area contributed by atoms with Crippen molar-refractivity contribution in [3.05, 3.63) is 95.0 Å². The first-order chi connectivity index (χ1) is 14.9. The second-order valence-corrected chi connectivity index (χ2v) is 7.54. The molecule has 0 saturated heterocycles. The molecule has 2 N–H and O–H groups in total. The quantitative estimate of drug-likeness (QED) is 0.335. The molecule has 4 rings (SSSR count). The van der Waals surface area contributed by atoms with E-state index < -0.39 is 5.97 Å². The fraction of sp³-hybridized carbons (Fsp3) is 0.0385. The summed E-state index contributed by atoms with van der Waals surface area (Å²) in [6, 6.07) is 24.2. The monoisotopic (exact) mass is 430 g/mol. The van der Waals surface area contributed by atoms with Crippen LogP contribution in [0.1, 0.15) is 11.1 Å². The van der Waals surface area contributed by atoms with E-state index >= 15 is 0 Å². The molecule has 0 radical (unpaired) electrons. The molecule has 31 heavy (non-hydrogen) atoms. The summed E-state index contributed by atoms with van der Waals surface area (Å²) in [6.07, 6.45) is 1.38. The second kappa shape index (κ2) is 8.54. The maximum atomic E-state index is 10.9. The fourth-order valence-electron chi connectivity index (χ4n) is 3.52. The van der Waals surface area contributed by atoms with E-state index in [2.05, 4.69) is 0 Å². The Morgan fingerprint density at radius 2 is 1.68 bits per heavy atom. The number of fused-ring (bicyclic) bond motifs is 1. The lowest BCUT2D eigenvalue weighted by atomic mass is 9.94. The Morgan fingerprint density at radius 3 is 2.35 bits per heavy atom. The second-order valence-electron chi connectivity index (χ2n) is 7.14. The Bertz CT molecular complexity index is 1290. The zero-order valence-corrected chi connectivity index (χ0v) is 17.4.